The fourth-order valence-corrected chi connectivity index (χ4v) is 3.72. The van der Waals surface area contributed by atoms with E-state index in [-0.39, 0.29) is 17.9 Å². The van der Waals surface area contributed by atoms with Gasteiger partial charge in [0.1, 0.15) is 4.88 Å². The number of rotatable bonds is 4. The summed E-state index contributed by atoms with van der Waals surface area (Å²) in [5.74, 6) is 0.112. The molecule has 1 saturated carbocycles. The predicted molar refractivity (Wildman–Crippen MR) is 81.6 cm³/mol. The number of carbonyl (C=O) groups is 2. The average molecular weight is 307 g/mol. The van der Waals surface area contributed by atoms with Gasteiger partial charge in [-0.2, -0.15) is 0 Å². The van der Waals surface area contributed by atoms with Gasteiger partial charge in [0, 0.05) is 10.9 Å². The third kappa shape index (κ3) is 3.46. The number of carbonyl (C=O) groups excluding carboxylic acids is 2. The molecule has 1 fully saturated rings. The number of esters is 1. The first kappa shape index (κ1) is 14.6. The monoisotopic (exact) mass is 307 g/mol. The largest absolute Gasteiger partial charge is 0.448 e. The summed E-state index contributed by atoms with van der Waals surface area (Å²) in [4.78, 5) is 25.9. The maximum atomic E-state index is 12.2. The number of ether oxygens (including phenoxy) is 1. The van der Waals surface area contributed by atoms with Crippen molar-refractivity contribution < 1.29 is 14.3 Å². The molecule has 0 saturated heterocycles. The van der Waals surface area contributed by atoms with Gasteiger partial charge >= 0.3 is 5.97 Å². The fraction of sp³-hybridized carbons (Fsp3) is 0.625. The number of fused-ring (bicyclic) bond motifs is 1. The van der Waals surface area contributed by atoms with Gasteiger partial charge in [-0.3, -0.25) is 4.79 Å². The van der Waals surface area contributed by atoms with E-state index in [2.05, 4.69) is 12.2 Å². The second-order valence-electron chi connectivity index (χ2n) is 6.24. The zero-order chi connectivity index (χ0) is 15.0. The standard InChI is InChI=1S/C16H21NO3S/c1-9-3-6-13-11(7-9)8-14(21-13)16(19)20-10(2)15(18)17-12-4-5-12/h8-10,12H,3-7H2,1-2H3,(H,17,18). The fourth-order valence-electron chi connectivity index (χ4n) is 2.62. The van der Waals surface area contributed by atoms with Crippen LogP contribution in [0.5, 0.6) is 0 Å². The van der Waals surface area contributed by atoms with Gasteiger partial charge in [-0.15, -0.1) is 11.3 Å². The first-order valence-electron chi connectivity index (χ1n) is 7.66. The number of hydrogen-bond acceptors (Lipinski definition) is 4. The van der Waals surface area contributed by atoms with E-state index in [9.17, 15) is 9.59 Å². The SMILES string of the molecule is CC1CCc2sc(C(=O)OC(C)C(=O)NC3CC3)cc2C1. The first-order chi connectivity index (χ1) is 10.0. The number of aryl methyl sites for hydroxylation is 1. The molecule has 114 valence electrons. The van der Waals surface area contributed by atoms with E-state index in [1.807, 2.05) is 6.07 Å². The van der Waals surface area contributed by atoms with Crippen molar-refractivity contribution in [2.24, 2.45) is 5.92 Å². The minimum Gasteiger partial charge on any atom is -0.448 e. The molecular formula is C16H21NO3S. The molecule has 0 bridgehead atoms. The van der Waals surface area contributed by atoms with Crippen molar-refractivity contribution in [1.82, 2.24) is 5.32 Å². The van der Waals surface area contributed by atoms with Gasteiger partial charge in [0.25, 0.3) is 5.91 Å². The lowest BCUT2D eigenvalue weighted by molar-refractivity contribution is -0.129. The Balaban J connectivity index is 1.61. The van der Waals surface area contributed by atoms with E-state index in [0.29, 0.717) is 10.8 Å². The smallest absolute Gasteiger partial charge is 0.349 e. The molecule has 0 aromatic carbocycles. The summed E-state index contributed by atoms with van der Waals surface area (Å²) in [6.45, 7) is 3.87. The van der Waals surface area contributed by atoms with Crippen molar-refractivity contribution in [2.45, 2.75) is 58.1 Å². The van der Waals surface area contributed by atoms with E-state index in [4.69, 9.17) is 4.74 Å². The summed E-state index contributed by atoms with van der Waals surface area (Å²) < 4.78 is 5.29. The van der Waals surface area contributed by atoms with E-state index in [0.717, 1.165) is 25.7 Å². The third-order valence-corrected chi connectivity index (χ3v) is 5.32. The van der Waals surface area contributed by atoms with Crippen molar-refractivity contribution in [2.75, 3.05) is 0 Å². The second kappa shape index (κ2) is 5.79. The Hall–Kier alpha value is -1.36. The Kier molecular flexibility index (Phi) is 4.02. The molecule has 0 radical (unpaired) electrons. The Morgan fingerprint density at radius 1 is 1.38 bits per heavy atom. The molecule has 21 heavy (non-hydrogen) atoms. The number of amides is 1. The van der Waals surface area contributed by atoms with Crippen LogP contribution in [0.3, 0.4) is 0 Å². The van der Waals surface area contributed by atoms with Crippen molar-refractivity contribution in [3.8, 4) is 0 Å². The van der Waals surface area contributed by atoms with Gasteiger partial charge in [-0.1, -0.05) is 6.92 Å². The van der Waals surface area contributed by atoms with E-state index < -0.39 is 6.10 Å². The van der Waals surface area contributed by atoms with Crippen LogP contribution < -0.4 is 5.32 Å². The minimum absolute atomic E-state index is 0.194. The van der Waals surface area contributed by atoms with Crippen LogP contribution in [0.4, 0.5) is 0 Å². The molecule has 0 aliphatic heterocycles. The maximum absolute atomic E-state index is 12.2. The second-order valence-corrected chi connectivity index (χ2v) is 7.37. The predicted octanol–water partition coefficient (Wildman–Crippen LogP) is 2.70. The van der Waals surface area contributed by atoms with Crippen LogP contribution in [0.25, 0.3) is 0 Å². The van der Waals surface area contributed by atoms with Crippen LogP contribution in [0.2, 0.25) is 0 Å². The molecule has 2 unspecified atom stereocenters. The molecule has 2 aliphatic carbocycles. The normalized spacial score (nSPS) is 22.3. The topological polar surface area (TPSA) is 55.4 Å². The Morgan fingerprint density at radius 2 is 2.14 bits per heavy atom. The molecule has 2 aliphatic rings. The summed E-state index contributed by atoms with van der Waals surface area (Å²) in [5, 5.41) is 2.85. The van der Waals surface area contributed by atoms with Crippen LogP contribution in [0, 0.1) is 5.92 Å². The molecular weight excluding hydrogens is 286 g/mol. The van der Waals surface area contributed by atoms with Gasteiger partial charge in [0.05, 0.1) is 0 Å². The zero-order valence-corrected chi connectivity index (χ0v) is 13.3. The Morgan fingerprint density at radius 3 is 2.86 bits per heavy atom. The summed E-state index contributed by atoms with van der Waals surface area (Å²) in [6, 6.07) is 2.23. The van der Waals surface area contributed by atoms with E-state index >= 15 is 0 Å². The maximum Gasteiger partial charge on any atom is 0.349 e. The van der Waals surface area contributed by atoms with Crippen molar-refractivity contribution >= 4 is 23.2 Å². The van der Waals surface area contributed by atoms with E-state index in [1.165, 1.54) is 28.2 Å². The Labute approximate surface area is 128 Å². The third-order valence-electron chi connectivity index (χ3n) is 4.11. The molecule has 1 amide bonds. The summed E-state index contributed by atoms with van der Waals surface area (Å²) in [7, 11) is 0. The molecule has 1 aromatic rings. The van der Waals surface area contributed by atoms with Crippen molar-refractivity contribution in [3.63, 3.8) is 0 Å². The number of nitrogens with one attached hydrogen (secondary N) is 1. The van der Waals surface area contributed by atoms with Crippen LogP contribution in [0.15, 0.2) is 6.07 Å². The minimum atomic E-state index is -0.726. The molecule has 4 nitrogen and oxygen atoms in total. The Bertz CT molecular complexity index is 562. The van der Waals surface area contributed by atoms with Crippen molar-refractivity contribution in [1.29, 1.82) is 0 Å². The van der Waals surface area contributed by atoms with Crippen LogP contribution in [-0.2, 0) is 22.4 Å². The van der Waals surface area contributed by atoms with Gasteiger partial charge in [-0.05, 0) is 56.6 Å². The van der Waals surface area contributed by atoms with Gasteiger partial charge in [0.2, 0.25) is 0 Å². The highest BCUT2D eigenvalue weighted by Crippen LogP contribution is 2.32. The van der Waals surface area contributed by atoms with Crippen molar-refractivity contribution in [3.05, 3.63) is 21.4 Å². The lowest BCUT2D eigenvalue weighted by Gasteiger charge is -2.16. The quantitative estimate of drug-likeness (QED) is 0.870. The molecule has 2 atom stereocenters. The molecule has 5 heteroatoms. The highest BCUT2D eigenvalue weighted by Gasteiger charge is 2.28. The molecule has 1 aromatic heterocycles. The first-order valence-corrected chi connectivity index (χ1v) is 8.47. The van der Waals surface area contributed by atoms with Crippen LogP contribution in [0.1, 0.15) is 53.2 Å². The number of hydrogen-bond donors (Lipinski definition) is 1. The van der Waals surface area contributed by atoms with Gasteiger partial charge < -0.3 is 10.1 Å². The highest BCUT2D eigenvalue weighted by atomic mass is 32.1. The molecule has 1 heterocycles. The summed E-state index contributed by atoms with van der Waals surface area (Å²) in [6.07, 6.45) is 4.60. The van der Waals surface area contributed by atoms with Crippen LogP contribution in [-0.4, -0.2) is 24.0 Å². The molecule has 1 N–H and O–H groups in total. The molecule has 0 spiro atoms. The highest BCUT2D eigenvalue weighted by molar-refractivity contribution is 7.14. The number of thiophene rings is 1. The average Bonchev–Trinajstić information content (AvgIpc) is 3.14. The molecule has 3 rings (SSSR count). The lowest BCUT2D eigenvalue weighted by atomic mass is 9.90. The van der Waals surface area contributed by atoms with Gasteiger partial charge in [0.15, 0.2) is 6.10 Å². The van der Waals surface area contributed by atoms with Gasteiger partial charge in [-0.25, -0.2) is 4.79 Å². The summed E-state index contributed by atoms with van der Waals surface area (Å²) >= 11 is 1.52. The van der Waals surface area contributed by atoms with E-state index in [1.54, 1.807) is 6.92 Å². The van der Waals surface area contributed by atoms with Crippen LogP contribution >= 0.6 is 11.3 Å². The zero-order valence-electron chi connectivity index (χ0n) is 12.5. The lowest BCUT2D eigenvalue weighted by Crippen LogP contribution is -2.36. The summed E-state index contributed by atoms with van der Waals surface area (Å²) in [5.41, 5.74) is 1.28.